The molecule has 1 aromatic rings. The molecule has 26 heavy (non-hydrogen) atoms. The molecule has 4 unspecified atom stereocenters. The van der Waals surface area contributed by atoms with Gasteiger partial charge in [0.05, 0.1) is 12.1 Å². The lowest BCUT2D eigenvalue weighted by Crippen LogP contribution is -2.50. The minimum Gasteiger partial charge on any atom is -0.376 e. The first-order valence-electron chi connectivity index (χ1n) is 9.95. The van der Waals surface area contributed by atoms with Crippen molar-refractivity contribution in [3.05, 3.63) is 35.9 Å². The number of carbonyl (C=O) groups is 1. The predicted molar refractivity (Wildman–Crippen MR) is 105 cm³/mol. The summed E-state index contributed by atoms with van der Waals surface area (Å²) in [4.78, 5) is 13.1. The van der Waals surface area contributed by atoms with Gasteiger partial charge in [-0.15, -0.1) is 12.4 Å². The summed E-state index contributed by atoms with van der Waals surface area (Å²) in [5.74, 6) is 1.37. The zero-order chi connectivity index (χ0) is 17.2. The third-order valence-corrected chi connectivity index (χ3v) is 6.58. The second-order valence-electron chi connectivity index (χ2n) is 8.15. The van der Waals surface area contributed by atoms with Gasteiger partial charge < -0.3 is 15.8 Å². The minimum atomic E-state index is -0.0355. The highest BCUT2D eigenvalue weighted by molar-refractivity contribution is 5.85. The van der Waals surface area contributed by atoms with Crippen LogP contribution in [0.25, 0.3) is 0 Å². The molecule has 4 rings (SSSR count). The highest BCUT2D eigenvalue weighted by Gasteiger charge is 2.41. The van der Waals surface area contributed by atoms with Crippen LogP contribution in [0.5, 0.6) is 0 Å². The molecule has 4 nitrogen and oxygen atoms in total. The fraction of sp³-hybridized carbons (Fsp3) is 0.667. The van der Waals surface area contributed by atoms with Crippen LogP contribution in [0.2, 0.25) is 0 Å². The average molecular weight is 379 g/mol. The third kappa shape index (κ3) is 4.08. The lowest BCUT2D eigenvalue weighted by Gasteiger charge is -2.43. The van der Waals surface area contributed by atoms with E-state index < -0.39 is 0 Å². The topological polar surface area (TPSA) is 64.4 Å². The molecule has 0 spiro atoms. The molecule has 1 saturated heterocycles. The highest BCUT2D eigenvalue weighted by atomic mass is 35.5. The number of hydrogen-bond acceptors (Lipinski definition) is 3. The van der Waals surface area contributed by atoms with Crippen molar-refractivity contribution in [1.29, 1.82) is 0 Å². The minimum absolute atomic E-state index is 0. The van der Waals surface area contributed by atoms with E-state index in [0.29, 0.717) is 17.9 Å². The summed E-state index contributed by atoms with van der Waals surface area (Å²) < 4.78 is 5.91. The Bertz CT molecular complexity index is 577. The van der Waals surface area contributed by atoms with E-state index in [1.54, 1.807) is 0 Å². The van der Waals surface area contributed by atoms with Crippen molar-refractivity contribution < 1.29 is 9.53 Å². The average Bonchev–Trinajstić information content (AvgIpc) is 3.14. The lowest BCUT2D eigenvalue weighted by atomic mass is 9.65. The van der Waals surface area contributed by atoms with E-state index in [4.69, 9.17) is 10.5 Å². The summed E-state index contributed by atoms with van der Waals surface area (Å²) in [6, 6.07) is 10.5. The number of halogens is 1. The van der Waals surface area contributed by atoms with Gasteiger partial charge in [-0.1, -0.05) is 36.8 Å². The number of hydrogen-bond donors (Lipinski definition) is 2. The zero-order valence-corrected chi connectivity index (χ0v) is 16.1. The van der Waals surface area contributed by atoms with Gasteiger partial charge in [-0.2, -0.15) is 0 Å². The van der Waals surface area contributed by atoms with Gasteiger partial charge in [-0.25, -0.2) is 0 Å². The molecule has 2 saturated carbocycles. The maximum absolute atomic E-state index is 13.1. The Morgan fingerprint density at radius 3 is 2.38 bits per heavy atom. The summed E-state index contributed by atoms with van der Waals surface area (Å²) in [5, 5.41) is 3.34. The molecule has 3 aliphatic rings. The van der Waals surface area contributed by atoms with Crippen molar-refractivity contribution in [2.24, 2.45) is 23.5 Å². The second-order valence-corrected chi connectivity index (χ2v) is 8.15. The second kappa shape index (κ2) is 8.73. The number of amides is 1. The lowest BCUT2D eigenvalue weighted by molar-refractivity contribution is -0.129. The van der Waals surface area contributed by atoms with Crippen molar-refractivity contribution >= 4 is 18.3 Å². The van der Waals surface area contributed by atoms with Crippen molar-refractivity contribution in [2.45, 2.75) is 63.1 Å². The monoisotopic (exact) mass is 378 g/mol. The summed E-state index contributed by atoms with van der Waals surface area (Å²) in [6.07, 6.45) is 7.75. The quantitative estimate of drug-likeness (QED) is 0.841. The third-order valence-electron chi connectivity index (χ3n) is 6.58. The molecule has 0 radical (unpaired) electrons. The summed E-state index contributed by atoms with van der Waals surface area (Å²) in [6.45, 7) is 0.798. The molecule has 1 aliphatic heterocycles. The molecule has 3 N–H and O–H groups in total. The molecule has 2 bridgehead atoms. The van der Waals surface area contributed by atoms with E-state index in [0.717, 1.165) is 37.9 Å². The van der Waals surface area contributed by atoms with Crippen LogP contribution in [0, 0.1) is 17.8 Å². The van der Waals surface area contributed by atoms with Gasteiger partial charge >= 0.3 is 0 Å². The Morgan fingerprint density at radius 2 is 1.77 bits per heavy atom. The number of nitrogens with two attached hydrogens (primary N) is 1. The molecule has 144 valence electrons. The Balaban J connectivity index is 0.00000196. The van der Waals surface area contributed by atoms with Crippen LogP contribution in [0.3, 0.4) is 0 Å². The summed E-state index contributed by atoms with van der Waals surface area (Å²) >= 11 is 0. The summed E-state index contributed by atoms with van der Waals surface area (Å²) in [7, 11) is 0. The van der Waals surface area contributed by atoms with Crippen molar-refractivity contribution in [3.8, 4) is 0 Å². The Hall–Kier alpha value is -1.10. The molecule has 3 fully saturated rings. The molecule has 1 amide bonds. The van der Waals surface area contributed by atoms with Crippen LogP contribution >= 0.6 is 12.4 Å². The van der Waals surface area contributed by atoms with Gasteiger partial charge in [0.2, 0.25) is 5.91 Å². The Morgan fingerprint density at radius 1 is 1.08 bits per heavy atom. The zero-order valence-electron chi connectivity index (χ0n) is 15.3. The van der Waals surface area contributed by atoms with E-state index in [1.165, 1.54) is 19.3 Å². The van der Waals surface area contributed by atoms with Crippen LogP contribution in [0.4, 0.5) is 0 Å². The van der Waals surface area contributed by atoms with Crippen LogP contribution in [0.1, 0.15) is 56.6 Å². The fourth-order valence-corrected chi connectivity index (χ4v) is 5.19. The van der Waals surface area contributed by atoms with Crippen LogP contribution in [-0.4, -0.2) is 24.7 Å². The number of carbonyl (C=O) groups excluding carboxylic acids is 1. The molecule has 2 aliphatic carbocycles. The molecule has 4 atom stereocenters. The van der Waals surface area contributed by atoms with Gasteiger partial charge in [-0.05, 0) is 55.9 Å². The van der Waals surface area contributed by atoms with Gasteiger partial charge in [0, 0.05) is 18.6 Å². The molecule has 1 heterocycles. The number of nitrogens with one attached hydrogen (secondary N) is 1. The van der Waals surface area contributed by atoms with Gasteiger partial charge in [-0.3, -0.25) is 4.79 Å². The fourth-order valence-electron chi connectivity index (χ4n) is 5.19. The first-order chi connectivity index (χ1) is 12.2. The van der Waals surface area contributed by atoms with E-state index in [2.05, 4.69) is 17.4 Å². The maximum Gasteiger partial charge on any atom is 0.223 e. The molecule has 0 aromatic heterocycles. The first-order valence-corrected chi connectivity index (χ1v) is 9.95. The molecule has 5 heteroatoms. The molecular formula is C21H31ClN2O2. The Labute approximate surface area is 162 Å². The Kier molecular flexibility index (Phi) is 6.60. The molecular weight excluding hydrogens is 348 g/mol. The number of ether oxygens (including phenoxy) is 1. The predicted octanol–water partition coefficient (Wildman–Crippen LogP) is 3.60. The number of rotatable bonds is 4. The van der Waals surface area contributed by atoms with Crippen molar-refractivity contribution in [3.63, 3.8) is 0 Å². The van der Waals surface area contributed by atoms with E-state index in [1.807, 2.05) is 18.2 Å². The smallest absolute Gasteiger partial charge is 0.223 e. The van der Waals surface area contributed by atoms with Gasteiger partial charge in [0.25, 0.3) is 0 Å². The number of benzene rings is 1. The van der Waals surface area contributed by atoms with Gasteiger partial charge in [0.1, 0.15) is 0 Å². The standard InChI is InChI=1S/C21H30N2O2.ClH/c22-19-15-8-4-9-16(19)13-17(12-15)21(24)23-20(18-10-5-11-25-18)14-6-2-1-3-7-14;/h1-3,6-7,15-20H,4-5,8-13,22H2,(H,23,24);1H. The summed E-state index contributed by atoms with van der Waals surface area (Å²) in [5.41, 5.74) is 7.54. The molecule has 1 aromatic carbocycles. The SMILES string of the molecule is Cl.NC1C2CCCC1CC(C(=O)NC(c1ccccc1)C1CCCO1)C2. The van der Waals surface area contributed by atoms with Crippen LogP contribution in [-0.2, 0) is 9.53 Å². The van der Waals surface area contributed by atoms with Crippen LogP contribution < -0.4 is 11.1 Å². The number of fused-ring (bicyclic) bond motifs is 2. The van der Waals surface area contributed by atoms with Crippen molar-refractivity contribution in [2.75, 3.05) is 6.61 Å². The van der Waals surface area contributed by atoms with Gasteiger partial charge in [0.15, 0.2) is 0 Å². The largest absolute Gasteiger partial charge is 0.376 e. The maximum atomic E-state index is 13.1. The van der Waals surface area contributed by atoms with E-state index in [-0.39, 0.29) is 36.4 Å². The normalized spacial score (nSPS) is 34.6. The van der Waals surface area contributed by atoms with Crippen molar-refractivity contribution in [1.82, 2.24) is 5.32 Å². The highest BCUT2D eigenvalue weighted by Crippen LogP contribution is 2.42. The first kappa shape index (κ1) is 19.7. The van der Waals surface area contributed by atoms with Crippen LogP contribution in [0.15, 0.2) is 30.3 Å². The van der Waals surface area contributed by atoms with E-state index >= 15 is 0 Å². The van der Waals surface area contributed by atoms with E-state index in [9.17, 15) is 4.79 Å².